The summed E-state index contributed by atoms with van der Waals surface area (Å²) in [6.45, 7) is 0. The maximum Gasteiger partial charge on any atom is 0.276 e. The molecule has 0 atom stereocenters. The molecule has 0 spiro atoms. The van der Waals surface area contributed by atoms with Crippen LogP contribution in [0.25, 0.3) is 6.08 Å². The minimum absolute atomic E-state index is 0.0224. The first kappa shape index (κ1) is 14.1. The molecular weight excluding hydrogens is 322 g/mol. The van der Waals surface area contributed by atoms with Gasteiger partial charge in [-0.15, -0.1) is 0 Å². The van der Waals surface area contributed by atoms with E-state index in [2.05, 4.69) is 15.9 Å². The second kappa shape index (κ2) is 6.25. The van der Waals surface area contributed by atoms with Gasteiger partial charge in [0.2, 0.25) is 0 Å². The Labute approximate surface area is 124 Å². The highest BCUT2D eigenvalue weighted by Gasteiger charge is 2.10. The van der Waals surface area contributed by atoms with Gasteiger partial charge in [0.15, 0.2) is 5.78 Å². The van der Waals surface area contributed by atoms with Gasteiger partial charge >= 0.3 is 0 Å². The van der Waals surface area contributed by atoms with Gasteiger partial charge in [-0.05, 0) is 30.4 Å². The standard InChI is InChI=1S/C15H10BrNO3/c16-13-6-3-5-12(10-13)15(18)9-8-11-4-1-2-7-14(11)17(19)20/h1-10H/b9-8+. The zero-order valence-corrected chi connectivity index (χ0v) is 11.9. The Hall–Kier alpha value is -2.27. The topological polar surface area (TPSA) is 60.2 Å². The van der Waals surface area contributed by atoms with Gasteiger partial charge in [0.1, 0.15) is 0 Å². The van der Waals surface area contributed by atoms with E-state index in [9.17, 15) is 14.9 Å². The average Bonchev–Trinajstić information content (AvgIpc) is 2.45. The van der Waals surface area contributed by atoms with Crippen LogP contribution >= 0.6 is 15.9 Å². The molecule has 2 aromatic rings. The number of benzene rings is 2. The Morgan fingerprint density at radius 2 is 1.90 bits per heavy atom. The second-order valence-corrected chi connectivity index (χ2v) is 4.94. The molecule has 0 fully saturated rings. The van der Waals surface area contributed by atoms with Gasteiger partial charge in [-0.3, -0.25) is 14.9 Å². The van der Waals surface area contributed by atoms with Crippen LogP contribution in [0, 0.1) is 10.1 Å². The zero-order valence-electron chi connectivity index (χ0n) is 10.3. The summed E-state index contributed by atoms with van der Waals surface area (Å²) in [6, 6.07) is 13.3. The van der Waals surface area contributed by atoms with Crippen LogP contribution in [0.3, 0.4) is 0 Å². The molecule has 20 heavy (non-hydrogen) atoms. The number of allylic oxidation sites excluding steroid dienone is 1. The van der Waals surface area contributed by atoms with Crippen LogP contribution in [0.15, 0.2) is 59.1 Å². The predicted molar refractivity (Wildman–Crippen MR) is 80.6 cm³/mol. The number of ketones is 1. The van der Waals surface area contributed by atoms with Crippen LogP contribution in [-0.4, -0.2) is 10.7 Å². The fraction of sp³-hybridized carbons (Fsp3) is 0. The predicted octanol–water partition coefficient (Wildman–Crippen LogP) is 4.25. The molecule has 0 aromatic heterocycles. The van der Waals surface area contributed by atoms with Gasteiger partial charge in [-0.1, -0.05) is 40.2 Å². The first-order chi connectivity index (χ1) is 9.58. The molecule has 0 radical (unpaired) electrons. The first-order valence-electron chi connectivity index (χ1n) is 5.79. The molecule has 0 aliphatic rings. The Kier molecular flexibility index (Phi) is 4.42. The van der Waals surface area contributed by atoms with Crippen LogP contribution in [0.1, 0.15) is 15.9 Å². The van der Waals surface area contributed by atoms with Gasteiger partial charge in [0.25, 0.3) is 5.69 Å². The lowest BCUT2D eigenvalue weighted by molar-refractivity contribution is -0.385. The molecule has 100 valence electrons. The highest BCUT2D eigenvalue weighted by Crippen LogP contribution is 2.19. The van der Waals surface area contributed by atoms with Gasteiger partial charge in [-0.2, -0.15) is 0 Å². The molecule has 0 saturated heterocycles. The van der Waals surface area contributed by atoms with E-state index in [1.165, 1.54) is 18.2 Å². The van der Waals surface area contributed by atoms with Crippen molar-refractivity contribution in [3.8, 4) is 0 Å². The summed E-state index contributed by atoms with van der Waals surface area (Å²) in [5, 5.41) is 10.9. The third kappa shape index (κ3) is 3.39. The highest BCUT2D eigenvalue weighted by atomic mass is 79.9. The molecule has 0 N–H and O–H groups in total. The fourth-order valence-electron chi connectivity index (χ4n) is 1.70. The number of nitrogens with zero attached hydrogens (tertiary/aromatic N) is 1. The van der Waals surface area contributed by atoms with E-state index in [4.69, 9.17) is 0 Å². The largest absolute Gasteiger partial charge is 0.289 e. The lowest BCUT2D eigenvalue weighted by Gasteiger charge is -1.98. The minimum Gasteiger partial charge on any atom is -0.289 e. The Morgan fingerprint density at radius 1 is 1.15 bits per heavy atom. The lowest BCUT2D eigenvalue weighted by Crippen LogP contribution is -1.94. The van der Waals surface area contributed by atoms with Gasteiger partial charge < -0.3 is 0 Å². The van der Waals surface area contributed by atoms with E-state index >= 15 is 0 Å². The molecule has 0 unspecified atom stereocenters. The molecule has 4 nitrogen and oxygen atoms in total. The van der Waals surface area contributed by atoms with E-state index < -0.39 is 4.92 Å². The molecule has 0 heterocycles. The Morgan fingerprint density at radius 3 is 2.60 bits per heavy atom. The normalized spacial score (nSPS) is 10.7. The van der Waals surface area contributed by atoms with Crippen molar-refractivity contribution >= 4 is 33.5 Å². The van der Waals surface area contributed by atoms with Gasteiger partial charge in [0, 0.05) is 16.1 Å². The van der Waals surface area contributed by atoms with Gasteiger partial charge in [-0.25, -0.2) is 0 Å². The van der Waals surface area contributed by atoms with E-state index in [1.807, 2.05) is 6.07 Å². The highest BCUT2D eigenvalue weighted by molar-refractivity contribution is 9.10. The number of hydrogen-bond donors (Lipinski definition) is 0. The molecule has 0 saturated carbocycles. The molecule has 0 aliphatic carbocycles. The summed E-state index contributed by atoms with van der Waals surface area (Å²) in [5.41, 5.74) is 0.904. The van der Waals surface area contributed by atoms with Crippen molar-refractivity contribution in [2.24, 2.45) is 0 Å². The molecule has 2 aromatic carbocycles. The van der Waals surface area contributed by atoms with E-state index in [0.717, 1.165) is 4.47 Å². The number of rotatable bonds is 4. The van der Waals surface area contributed by atoms with Crippen molar-refractivity contribution in [3.63, 3.8) is 0 Å². The molecule has 5 heteroatoms. The van der Waals surface area contributed by atoms with E-state index in [-0.39, 0.29) is 11.5 Å². The van der Waals surface area contributed by atoms with Crippen molar-refractivity contribution in [2.75, 3.05) is 0 Å². The lowest BCUT2D eigenvalue weighted by atomic mass is 10.1. The van der Waals surface area contributed by atoms with E-state index in [1.54, 1.807) is 36.4 Å². The zero-order chi connectivity index (χ0) is 14.5. The number of nitro groups is 1. The summed E-state index contributed by atoms with van der Waals surface area (Å²) in [5.74, 6) is -0.204. The van der Waals surface area contributed by atoms with Crippen LogP contribution in [-0.2, 0) is 0 Å². The summed E-state index contributed by atoms with van der Waals surface area (Å²) in [4.78, 5) is 22.4. The minimum atomic E-state index is -0.469. The molecule has 2 rings (SSSR count). The SMILES string of the molecule is O=C(/C=C/c1ccccc1[N+](=O)[O-])c1cccc(Br)c1. The smallest absolute Gasteiger partial charge is 0.276 e. The van der Waals surface area contributed by atoms with Crippen LogP contribution in [0.2, 0.25) is 0 Å². The summed E-state index contributed by atoms with van der Waals surface area (Å²) >= 11 is 3.29. The summed E-state index contributed by atoms with van der Waals surface area (Å²) in [6.07, 6.45) is 2.80. The van der Waals surface area contributed by atoms with Crippen molar-refractivity contribution in [2.45, 2.75) is 0 Å². The number of halogens is 1. The third-order valence-corrected chi connectivity index (χ3v) is 3.15. The summed E-state index contributed by atoms with van der Waals surface area (Å²) < 4.78 is 0.808. The fourth-order valence-corrected chi connectivity index (χ4v) is 2.10. The number of hydrogen-bond acceptors (Lipinski definition) is 3. The van der Waals surface area contributed by atoms with Crippen molar-refractivity contribution in [3.05, 3.63) is 80.3 Å². The summed E-state index contributed by atoms with van der Waals surface area (Å²) in [7, 11) is 0. The van der Waals surface area contributed by atoms with E-state index in [0.29, 0.717) is 11.1 Å². The monoisotopic (exact) mass is 331 g/mol. The number of carbonyl (C=O) groups is 1. The molecule has 0 amide bonds. The Bertz CT molecular complexity index is 695. The maximum absolute atomic E-state index is 12.0. The average molecular weight is 332 g/mol. The van der Waals surface area contributed by atoms with Crippen molar-refractivity contribution < 1.29 is 9.72 Å². The Balaban J connectivity index is 2.26. The third-order valence-electron chi connectivity index (χ3n) is 2.66. The van der Waals surface area contributed by atoms with Crippen LogP contribution < -0.4 is 0 Å². The van der Waals surface area contributed by atoms with Crippen molar-refractivity contribution in [1.82, 2.24) is 0 Å². The molecule has 0 bridgehead atoms. The second-order valence-electron chi connectivity index (χ2n) is 4.02. The molecular formula is C15H10BrNO3. The van der Waals surface area contributed by atoms with Crippen LogP contribution in [0.4, 0.5) is 5.69 Å². The first-order valence-corrected chi connectivity index (χ1v) is 6.58. The number of nitro benzene ring substituents is 1. The maximum atomic E-state index is 12.0. The molecule has 0 aliphatic heterocycles. The van der Waals surface area contributed by atoms with Crippen molar-refractivity contribution in [1.29, 1.82) is 0 Å². The van der Waals surface area contributed by atoms with Gasteiger partial charge in [0.05, 0.1) is 10.5 Å². The van der Waals surface area contributed by atoms with Crippen LogP contribution in [0.5, 0.6) is 0 Å². The number of para-hydroxylation sites is 1. The quantitative estimate of drug-likeness (QED) is 0.364. The number of carbonyl (C=O) groups excluding carboxylic acids is 1.